The Morgan fingerprint density at radius 3 is 1.29 bits per heavy atom. The summed E-state index contributed by atoms with van der Waals surface area (Å²) >= 11 is 0. The molecule has 3 N–H and O–H groups in total. The van der Waals surface area contributed by atoms with E-state index in [0.29, 0.717) is 13.1 Å². The first-order chi connectivity index (χ1) is 10.5. The predicted molar refractivity (Wildman–Crippen MR) is 56.0 cm³/mol. The number of carbonyl (C=O) groups is 2. The first-order valence-electron chi connectivity index (χ1n) is 5.46. The number of carboxylic acids is 2. The van der Waals surface area contributed by atoms with E-state index in [1.54, 1.807) is 0 Å². The lowest BCUT2D eigenvalue weighted by Gasteiger charge is -2.27. The van der Waals surface area contributed by atoms with Gasteiger partial charge in [0.2, 0.25) is 0 Å². The zero-order chi connectivity index (χ0) is 19.8. The van der Waals surface area contributed by atoms with Gasteiger partial charge in [0, 0.05) is 13.1 Å². The van der Waals surface area contributed by atoms with E-state index in [0.717, 1.165) is 0 Å². The molecule has 1 aliphatic rings. The standard InChI is InChI=1S/C5H8F3NO.2C2HF3O2/c6-5(7,8)3-10-4-1-9-2-4;2*3-2(4,5)1(6)7/h4,9H,1-3H2;2*(H,6,7). The van der Waals surface area contributed by atoms with Crippen LogP contribution in [-0.2, 0) is 14.3 Å². The highest BCUT2D eigenvalue weighted by atomic mass is 19.4. The molecule has 1 aliphatic heterocycles. The Bertz CT molecular complexity index is 376. The van der Waals surface area contributed by atoms with E-state index in [1.807, 2.05) is 0 Å². The van der Waals surface area contributed by atoms with Crippen LogP contribution in [0.3, 0.4) is 0 Å². The molecule has 24 heavy (non-hydrogen) atoms. The quantitative estimate of drug-likeness (QED) is 0.630. The number of ether oxygens (including phenoxy) is 1. The minimum atomic E-state index is -5.08. The molecule has 0 aromatic rings. The fourth-order valence-electron chi connectivity index (χ4n) is 0.592. The van der Waals surface area contributed by atoms with E-state index in [2.05, 4.69) is 10.1 Å². The van der Waals surface area contributed by atoms with E-state index < -0.39 is 37.1 Å². The van der Waals surface area contributed by atoms with E-state index in [9.17, 15) is 39.5 Å². The van der Waals surface area contributed by atoms with Crippen LogP contribution in [0.25, 0.3) is 0 Å². The summed E-state index contributed by atoms with van der Waals surface area (Å²) in [6.45, 7) is -0.0501. The van der Waals surface area contributed by atoms with Gasteiger partial charge in [0.15, 0.2) is 0 Å². The second-order valence-corrected chi connectivity index (χ2v) is 3.81. The van der Waals surface area contributed by atoms with Crippen LogP contribution in [0.1, 0.15) is 0 Å². The lowest BCUT2D eigenvalue weighted by molar-refractivity contribution is -0.193. The normalized spacial score (nSPS) is 15.2. The predicted octanol–water partition coefficient (Wildman–Crippen LogP) is 1.80. The summed E-state index contributed by atoms with van der Waals surface area (Å²) < 4.78 is 102. The third-order valence-electron chi connectivity index (χ3n) is 1.71. The van der Waals surface area contributed by atoms with Crippen molar-refractivity contribution < 1.29 is 64.1 Å². The Labute approximate surface area is 127 Å². The molecule has 0 unspecified atom stereocenters. The number of rotatable bonds is 2. The van der Waals surface area contributed by atoms with Crippen LogP contribution in [0.5, 0.6) is 0 Å². The van der Waals surface area contributed by atoms with Gasteiger partial charge in [0.25, 0.3) is 0 Å². The summed E-state index contributed by atoms with van der Waals surface area (Å²) in [5.74, 6) is -5.51. The fourth-order valence-corrected chi connectivity index (χ4v) is 0.592. The molecule has 0 bridgehead atoms. The third-order valence-corrected chi connectivity index (χ3v) is 1.71. The Hall–Kier alpha value is -1.77. The van der Waals surface area contributed by atoms with Crippen molar-refractivity contribution in [3.63, 3.8) is 0 Å². The Morgan fingerprint density at radius 2 is 1.17 bits per heavy atom. The van der Waals surface area contributed by atoms with E-state index in [-0.39, 0.29) is 6.10 Å². The molecule has 1 heterocycles. The van der Waals surface area contributed by atoms with Gasteiger partial charge in [-0.25, -0.2) is 9.59 Å². The molecule has 1 saturated heterocycles. The molecule has 1 rings (SSSR count). The monoisotopic (exact) mass is 383 g/mol. The maximum atomic E-state index is 11.4. The summed E-state index contributed by atoms with van der Waals surface area (Å²) in [7, 11) is 0. The van der Waals surface area contributed by atoms with Crippen LogP contribution < -0.4 is 5.32 Å². The second-order valence-electron chi connectivity index (χ2n) is 3.81. The molecule has 0 spiro atoms. The molecule has 144 valence electrons. The minimum Gasteiger partial charge on any atom is -0.475 e. The number of alkyl halides is 9. The van der Waals surface area contributed by atoms with Gasteiger partial charge in [-0.3, -0.25) is 0 Å². The topological polar surface area (TPSA) is 95.9 Å². The smallest absolute Gasteiger partial charge is 0.475 e. The zero-order valence-electron chi connectivity index (χ0n) is 11.2. The summed E-state index contributed by atoms with van der Waals surface area (Å²) in [6, 6.07) is 0. The molecule has 0 radical (unpaired) electrons. The number of hydrogen-bond acceptors (Lipinski definition) is 4. The average molecular weight is 383 g/mol. The number of aliphatic carboxylic acids is 2. The summed E-state index contributed by atoms with van der Waals surface area (Å²) in [6.07, 6.45) is -14.6. The number of nitrogens with one attached hydrogen (secondary N) is 1. The maximum Gasteiger partial charge on any atom is 0.490 e. The van der Waals surface area contributed by atoms with Gasteiger partial charge in [0.1, 0.15) is 6.61 Å². The summed E-state index contributed by atoms with van der Waals surface area (Å²) in [5.41, 5.74) is 0. The molecule has 0 atom stereocenters. The van der Waals surface area contributed by atoms with Crippen molar-refractivity contribution in [3.05, 3.63) is 0 Å². The van der Waals surface area contributed by atoms with Crippen LogP contribution in [0, 0.1) is 0 Å². The van der Waals surface area contributed by atoms with Gasteiger partial charge in [-0.15, -0.1) is 0 Å². The van der Waals surface area contributed by atoms with Crippen LogP contribution in [0.2, 0.25) is 0 Å². The maximum absolute atomic E-state index is 11.4. The molecule has 0 saturated carbocycles. The first-order valence-corrected chi connectivity index (χ1v) is 5.46. The zero-order valence-corrected chi connectivity index (χ0v) is 11.2. The van der Waals surface area contributed by atoms with Gasteiger partial charge >= 0.3 is 30.5 Å². The molecule has 0 amide bonds. The van der Waals surface area contributed by atoms with E-state index in [4.69, 9.17) is 19.8 Å². The van der Waals surface area contributed by atoms with E-state index >= 15 is 0 Å². The van der Waals surface area contributed by atoms with Gasteiger partial charge in [-0.1, -0.05) is 0 Å². The highest BCUT2D eigenvalue weighted by molar-refractivity contribution is 5.73. The van der Waals surface area contributed by atoms with Crippen LogP contribution in [-0.4, -0.2) is 66.5 Å². The van der Waals surface area contributed by atoms with Crippen molar-refractivity contribution in [3.8, 4) is 0 Å². The number of carboxylic acid groups (broad SMARTS) is 2. The highest BCUT2D eigenvalue weighted by Crippen LogP contribution is 2.16. The highest BCUT2D eigenvalue weighted by Gasteiger charge is 2.38. The fraction of sp³-hybridized carbons (Fsp3) is 0.778. The lowest BCUT2D eigenvalue weighted by Crippen LogP contribution is -2.49. The molecule has 0 aliphatic carbocycles. The molecule has 0 aromatic heterocycles. The van der Waals surface area contributed by atoms with Gasteiger partial charge in [-0.2, -0.15) is 39.5 Å². The minimum absolute atomic E-state index is 0.235. The van der Waals surface area contributed by atoms with E-state index in [1.165, 1.54) is 0 Å². The average Bonchev–Trinajstić information content (AvgIpc) is 2.23. The molecular weight excluding hydrogens is 373 g/mol. The third kappa shape index (κ3) is 15.1. The lowest BCUT2D eigenvalue weighted by atomic mass is 10.2. The molecule has 0 aromatic carbocycles. The van der Waals surface area contributed by atoms with Crippen molar-refractivity contribution in [1.29, 1.82) is 0 Å². The van der Waals surface area contributed by atoms with Gasteiger partial charge in [0.05, 0.1) is 6.10 Å². The molecule has 15 heteroatoms. The summed E-state index contributed by atoms with van der Waals surface area (Å²) in [5, 5.41) is 17.1. The second kappa shape index (κ2) is 9.51. The van der Waals surface area contributed by atoms with Crippen LogP contribution >= 0.6 is 0 Å². The van der Waals surface area contributed by atoms with Crippen molar-refractivity contribution in [2.45, 2.75) is 24.6 Å². The first kappa shape index (κ1) is 24.5. The van der Waals surface area contributed by atoms with Crippen LogP contribution in [0.4, 0.5) is 39.5 Å². The van der Waals surface area contributed by atoms with Crippen molar-refractivity contribution in [1.82, 2.24) is 5.32 Å². The van der Waals surface area contributed by atoms with Crippen LogP contribution in [0.15, 0.2) is 0 Å². The number of hydrogen-bond donors (Lipinski definition) is 3. The molecule has 1 fully saturated rings. The number of halogens is 9. The summed E-state index contributed by atoms with van der Waals surface area (Å²) in [4.78, 5) is 17.8. The van der Waals surface area contributed by atoms with Crippen molar-refractivity contribution in [2.24, 2.45) is 0 Å². The Kier molecular flexibility index (Phi) is 9.70. The van der Waals surface area contributed by atoms with Gasteiger partial charge in [-0.05, 0) is 0 Å². The SMILES string of the molecule is FC(F)(F)COC1CNC1.O=C(O)C(F)(F)F.O=C(O)C(F)(F)F. The van der Waals surface area contributed by atoms with Crippen molar-refractivity contribution in [2.75, 3.05) is 19.7 Å². The van der Waals surface area contributed by atoms with Gasteiger partial charge < -0.3 is 20.3 Å². The Morgan fingerprint density at radius 1 is 0.875 bits per heavy atom. The van der Waals surface area contributed by atoms with Crippen molar-refractivity contribution >= 4 is 11.9 Å². The largest absolute Gasteiger partial charge is 0.490 e. The Balaban J connectivity index is 0. The molecule has 6 nitrogen and oxygen atoms in total. The molecular formula is C9H10F9NO5.